The van der Waals surface area contributed by atoms with E-state index in [1.54, 1.807) is 6.08 Å². The van der Waals surface area contributed by atoms with Gasteiger partial charge in [-0.3, -0.25) is 4.79 Å². The fourth-order valence-electron chi connectivity index (χ4n) is 3.69. The average Bonchev–Trinajstić information content (AvgIpc) is 3.19. The Balaban J connectivity index is 1.73. The van der Waals surface area contributed by atoms with E-state index in [4.69, 9.17) is 0 Å². The highest BCUT2D eigenvalue weighted by Gasteiger charge is 2.28. The minimum absolute atomic E-state index is 0.00595. The van der Waals surface area contributed by atoms with Crippen molar-refractivity contribution in [1.82, 2.24) is 9.88 Å². The van der Waals surface area contributed by atoms with Gasteiger partial charge in [-0.25, -0.2) is 4.79 Å². The van der Waals surface area contributed by atoms with Crippen LogP contribution in [0.2, 0.25) is 0 Å². The number of amides is 1. The molecule has 0 radical (unpaired) electrons. The van der Waals surface area contributed by atoms with Crippen LogP contribution < -0.4 is 5.32 Å². The van der Waals surface area contributed by atoms with Crippen molar-refractivity contribution in [3.63, 3.8) is 0 Å². The van der Waals surface area contributed by atoms with Gasteiger partial charge < -0.3 is 15.0 Å². The van der Waals surface area contributed by atoms with Gasteiger partial charge in [-0.05, 0) is 47.2 Å². The lowest BCUT2D eigenvalue weighted by Gasteiger charge is -2.28. The molecule has 31 heavy (non-hydrogen) atoms. The summed E-state index contributed by atoms with van der Waals surface area (Å²) in [6.45, 7) is 8.38. The second-order valence-corrected chi connectivity index (χ2v) is 8.94. The zero-order valence-corrected chi connectivity index (χ0v) is 18.5. The zero-order valence-electron chi connectivity index (χ0n) is 18.5. The summed E-state index contributed by atoms with van der Waals surface area (Å²) in [7, 11) is 0. The van der Waals surface area contributed by atoms with E-state index >= 15 is 0 Å². The largest absolute Gasteiger partial charge is 0.477 e. The minimum Gasteiger partial charge on any atom is -0.477 e. The van der Waals surface area contributed by atoms with E-state index in [1.165, 1.54) is 5.57 Å². The Hall–Kier alpha value is -3.34. The first kappa shape index (κ1) is 22.3. The normalized spacial score (nSPS) is 19.1. The van der Waals surface area contributed by atoms with Crippen molar-refractivity contribution in [2.45, 2.75) is 34.1 Å². The molecule has 1 amide bonds. The first-order valence-corrected chi connectivity index (χ1v) is 10.5. The van der Waals surface area contributed by atoms with Crippen molar-refractivity contribution in [1.29, 1.82) is 0 Å². The molecule has 0 spiro atoms. The summed E-state index contributed by atoms with van der Waals surface area (Å²) in [5.74, 6) is -1.86. The van der Waals surface area contributed by atoms with E-state index in [0.29, 0.717) is 6.42 Å². The number of carboxylic acids is 1. The highest BCUT2D eigenvalue weighted by molar-refractivity contribution is 5.94. The number of hydrogen-bond acceptors (Lipinski definition) is 2. The molecule has 2 aromatic rings. The summed E-state index contributed by atoms with van der Waals surface area (Å²) in [5, 5.41) is 12.3. The molecule has 5 nitrogen and oxygen atoms in total. The monoisotopic (exact) mass is 418 g/mol. The van der Waals surface area contributed by atoms with E-state index in [2.05, 4.69) is 32.2 Å². The number of nitrogens with one attached hydrogen (secondary N) is 1. The van der Waals surface area contributed by atoms with E-state index in [-0.39, 0.29) is 22.9 Å². The highest BCUT2D eigenvalue weighted by Crippen LogP contribution is 2.33. The molecule has 3 rings (SSSR count). The summed E-state index contributed by atoms with van der Waals surface area (Å²) in [6, 6.07) is 13.7. The molecule has 2 unspecified atom stereocenters. The number of para-hydroxylation sites is 1. The van der Waals surface area contributed by atoms with Gasteiger partial charge in [0.15, 0.2) is 0 Å². The topological polar surface area (TPSA) is 71.3 Å². The fraction of sp³-hybridized carbons (Fsp3) is 0.308. The third kappa shape index (κ3) is 5.43. The summed E-state index contributed by atoms with van der Waals surface area (Å²) in [6.07, 6.45) is 9.82. The molecule has 1 aliphatic carbocycles. The van der Waals surface area contributed by atoms with E-state index < -0.39 is 11.9 Å². The lowest BCUT2D eigenvalue weighted by atomic mass is 9.77. The molecule has 0 saturated heterocycles. The molecule has 1 aromatic carbocycles. The molecule has 5 heteroatoms. The number of hydrogen-bond donors (Lipinski definition) is 2. The number of benzene rings is 1. The van der Waals surface area contributed by atoms with E-state index in [0.717, 1.165) is 11.4 Å². The Morgan fingerprint density at radius 1 is 1.13 bits per heavy atom. The lowest BCUT2D eigenvalue weighted by Crippen LogP contribution is -2.36. The van der Waals surface area contributed by atoms with Gasteiger partial charge in [0.25, 0.3) is 0 Å². The van der Waals surface area contributed by atoms with Gasteiger partial charge in [0, 0.05) is 24.0 Å². The van der Waals surface area contributed by atoms with Crippen LogP contribution in [0.15, 0.2) is 84.2 Å². The predicted octanol–water partition coefficient (Wildman–Crippen LogP) is 4.90. The Bertz CT molecular complexity index is 1040. The van der Waals surface area contributed by atoms with Crippen molar-refractivity contribution in [3.05, 3.63) is 89.9 Å². The maximum absolute atomic E-state index is 12.8. The SMILES string of the molecule is CC1C=C(C(C)(C)C)C=CC1C(=O)N/C(=C/Cc1cccn1-c1ccccc1)C(=O)O. The summed E-state index contributed by atoms with van der Waals surface area (Å²) >= 11 is 0. The molecular weight excluding hydrogens is 388 g/mol. The van der Waals surface area contributed by atoms with Crippen LogP contribution in [0.5, 0.6) is 0 Å². The van der Waals surface area contributed by atoms with Crippen LogP contribution in [0.1, 0.15) is 33.4 Å². The van der Waals surface area contributed by atoms with Crippen LogP contribution in [0.25, 0.3) is 5.69 Å². The Labute approximate surface area is 183 Å². The van der Waals surface area contributed by atoms with E-state index in [9.17, 15) is 14.7 Å². The van der Waals surface area contributed by atoms with Gasteiger partial charge in [-0.15, -0.1) is 0 Å². The van der Waals surface area contributed by atoms with Crippen molar-refractivity contribution < 1.29 is 14.7 Å². The number of carboxylic acid groups (broad SMARTS) is 1. The first-order valence-electron chi connectivity index (χ1n) is 10.5. The van der Waals surface area contributed by atoms with Crippen LogP contribution in [0, 0.1) is 17.3 Å². The molecule has 0 saturated carbocycles. The third-order valence-electron chi connectivity index (χ3n) is 5.53. The molecule has 1 aliphatic rings. The predicted molar refractivity (Wildman–Crippen MR) is 123 cm³/mol. The number of rotatable bonds is 6. The number of carbonyl (C=O) groups excluding carboxylic acids is 1. The molecule has 1 aromatic heterocycles. The number of nitrogens with zero attached hydrogens (tertiary/aromatic N) is 1. The van der Waals surface area contributed by atoms with Crippen LogP contribution >= 0.6 is 0 Å². The molecule has 0 aliphatic heterocycles. The third-order valence-corrected chi connectivity index (χ3v) is 5.53. The average molecular weight is 419 g/mol. The summed E-state index contributed by atoms with van der Waals surface area (Å²) < 4.78 is 2.00. The Kier molecular flexibility index (Phi) is 6.64. The van der Waals surface area contributed by atoms with Crippen molar-refractivity contribution in [2.75, 3.05) is 0 Å². The van der Waals surface area contributed by atoms with E-state index in [1.807, 2.05) is 72.3 Å². The first-order chi connectivity index (χ1) is 14.7. The van der Waals surface area contributed by atoms with Crippen molar-refractivity contribution in [3.8, 4) is 5.69 Å². The number of aromatic nitrogens is 1. The van der Waals surface area contributed by atoms with Crippen LogP contribution in [0.4, 0.5) is 0 Å². The molecular formula is C26H30N2O3. The van der Waals surface area contributed by atoms with Gasteiger partial charge in [-0.1, -0.05) is 64.1 Å². The Morgan fingerprint density at radius 3 is 2.45 bits per heavy atom. The van der Waals surface area contributed by atoms with Gasteiger partial charge >= 0.3 is 5.97 Å². The molecule has 2 atom stereocenters. The van der Waals surface area contributed by atoms with Gasteiger partial charge in [-0.2, -0.15) is 0 Å². The number of aliphatic carboxylic acids is 1. The standard InChI is InChI=1S/C26H30N2O3/c1-18-17-19(26(2,3)4)12-14-22(18)24(29)27-23(25(30)31)15-13-21-11-8-16-28(21)20-9-6-5-7-10-20/h5-12,14-18,22H,13H2,1-4H3,(H,27,29)(H,30,31)/b23-15+. The molecule has 0 bridgehead atoms. The number of carbonyl (C=O) groups is 2. The van der Waals surface area contributed by atoms with Crippen molar-refractivity contribution >= 4 is 11.9 Å². The maximum Gasteiger partial charge on any atom is 0.352 e. The zero-order chi connectivity index (χ0) is 22.6. The fourth-order valence-corrected chi connectivity index (χ4v) is 3.69. The summed E-state index contributed by atoms with van der Waals surface area (Å²) in [5.41, 5.74) is 3.02. The quantitative estimate of drug-likeness (QED) is 0.656. The lowest BCUT2D eigenvalue weighted by molar-refractivity contribution is -0.135. The molecule has 162 valence electrons. The van der Waals surface area contributed by atoms with Gasteiger partial charge in [0.1, 0.15) is 5.70 Å². The second-order valence-electron chi connectivity index (χ2n) is 8.94. The maximum atomic E-state index is 12.8. The van der Waals surface area contributed by atoms with Gasteiger partial charge in [0.2, 0.25) is 5.91 Å². The van der Waals surface area contributed by atoms with Gasteiger partial charge in [0.05, 0.1) is 5.92 Å². The minimum atomic E-state index is -1.15. The Morgan fingerprint density at radius 2 is 1.84 bits per heavy atom. The molecule has 1 heterocycles. The van der Waals surface area contributed by atoms with Crippen LogP contribution in [0.3, 0.4) is 0 Å². The molecule has 2 N–H and O–H groups in total. The second kappa shape index (κ2) is 9.21. The number of allylic oxidation sites excluding steroid dienone is 4. The smallest absolute Gasteiger partial charge is 0.352 e. The van der Waals surface area contributed by atoms with Crippen molar-refractivity contribution in [2.24, 2.45) is 17.3 Å². The van der Waals surface area contributed by atoms with Crippen LogP contribution in [-0.2, 0) is 16.0 Å². The molecule has 0 fully saturated rings. The highest BCUT2D eigenvalue weighted by atomic mass is 16.4. The van der Waals surface area contributed by atoms with Crippen LogP contribution in [-0.4, -0.2) is 21.6 Å². The summed E-state index contributed by atoms with van der Waals surface area (Å²) in [4.78, 5) is 24.6.